The van der Waals surface area contributed by atoms with E-state index in [9.17, 15) is 12.8 Å². The van der Waals surface area contributed by atoms with Crippen LogP contribution < -0.4 is 0 Å². The van der Waals surface area contributed by atoms with Crippen LogP contribution in [0, 0.1) is 5.95 Å². The van der Waals surface area contributed by atoms with Gasteiger partial charge < -0.3 is 0 Å². The van der Waals surface area contributed by atoms with Crippen LogP contribution in [0.1, 0.15) is 0 Å². The van der Waals surface area contributed by atoms with Crippen LogP contribution >= 0.6 is 10.7 Å². The Hall–Kier alpha value is -1.20. The molecule has 0 aliphatic carbocycles. The number of rotatable bonds is 1. The first-order chi connectivity index (χ1) is 6.98. The van der Waals surface area contributed by atoms with E-state index in [0.717, 1.165) is 6.07 Å². The second kappa shape index (κ2) is 3.43. The minimum atomic E-state index is -3.90. The number of hydrogen-bond acceptors (Lipinski definition) is 3. The molecule has 0 atom stereocenters. The number of aromatic nitrogens is 1. The smallest absolute Gasteiger partial charge is 0.218 e. The van der Waals surface area contributed by atoms with Gasteiger partial charge in [0.1, 0.15) is 4.90 Å². The summed E-state index contributed by atoms with van der Waals surface area (Å²) in [5, 5.41) is 0.526. The monoisotopic (exact) mass is 245 g/mol. The highest BCUT2D eigenvalue weighted by molar-refractivity contribution is 8.14. The van der Waals surface area contributed by atoms with Crippen LogP contribution in [0.2, 0.25) is 0 Å². The van der Waals surface area contributed by atoms with Crippen LogP contribution in [0.15, 0.2) is 35.2 Å². The van der Waals surface area contributed by atoms with E-state index >= 15 is 0 Å². The first-order valence-electron chi connectivity index (χ1n) is 3.98. The Labute approximate surface area is 89.9 Å². The molecule has 15 heavy (non-hydrogen) atoms. The van der Waals surface area contributed by atoms with E-state index in [-0.39, 0.29) is 10.4 Å². The lowest BCUT2D eigenvalue weighted by molar-refractivity contribution is 0.588. The van der Waals surface area contributed by atoms with Gasteiger partial charge in [-0.2, -0.15) is 4.39 Å². The molecule has 0 fully saturated rings. The summed E-state index contributed by atoms with van der Waals surface area (Å²) in [4.78, 5) is 3.33. The highest BCUT2D eigenvalue weighted by atomic mass is 35.7. The summed E-state index contributed by atoms with van der Waals surface area (Å²) in [6, 6.07) is 7.05. The highest BCUT2D eigenvalue weighted by Crippen LogP contribution is 2.23. The van der Waals surface area contributed by atoms with Crippen molar-refractivity contribution in [2.24, 2.45) is 0 Å². The molecule has 0 radical (unpaired) electrons. The van der Waals surface area contributed by atoms with Crippen molar-refractivity contribution in [3.05, 3.63) is 36.3 Å². The molecule has 0 saturated carbocycles. The summed E-state index contributed by atoms with van der Waals surface area (Å²) in [7, 11) is 1.30. The molecule has 2 rings (SSSR count). The predicted molar refractivity (Wildman–Crippen MR) is 54.7 cm³/mol. The van der Waals surface area contributed by atoms with E-state index in [1.54, 1.807) is 6.07 Å². The van der Waals surface area contributed by atoms with Crippen LogP contribution in [-0.2, 0) is 9.05 Å². The Bertz CT molecular complexity index is 627. The first kappa shape index (κ1) is 10.3. The Morgan fingerprint density at radius 3 is 2.60 bits per heavy atom. The molecule has 0 saturated heterocycles. The van der Waals surface area contributed by atoms with Crippen molar-refractivity contribution in [3.63, 3.8) is 0 Å². The number of hydrogen-bond donors (Lipinski definition) is 0. The van der Waals surface area contributed by atoms with Crippen molar-refractivity contribution in [1.82, 2.24) is 4.98 Å². The first-order valence-corrected chi connectivity index (χ1v) is 6.29. The van der Waals surface area contributed by atoms with Crippen molar-refractivity contribution in [3.8, 4) is 0 Å². The lowest BCUT2D eigenvalue weighted by Crippen LogP contribution is -1.95. The Balaban J connectivity index is 2.92. The second-order valence-corrected chi connectivity index (χ2v) is 5.43. The van der Waals surface area contributed by atoms with Crippen LogP contribution in [0.25, 0.3) is 10.9 Å². The SMILES string of the molecule is O=S(=O)(Cl)c1cccc2ccc(F)nc12. The molecule has 0 aliphatic rings. The van der Waals surface area contributed by atoms with Gasteiger partial charge in [-0.05, 0) is 18.2 Å². The average molecular weight is 246 g/mol. The highest BCUT2D eigenvalue weighted by Gasteiger charge is 2.15. The van der Waals surface area contributed by atoms with Crippen molar-refractivity contribution in [2.75, 3.05) is 0 Å². The molecule has 6 heteroatoms. The normalized spacial score (nSPS) is 11.9. The zero-order valence-electron chi connectivity index (χ0n) is 7.31. The zero-order chi connectivity index (χ0) is 11.1. The van der Waals surface area contributed by atoms with Gasteiger partial charge in [0.2, 0.25) is 5.95 Å². The molecular formula is C9H5ClFNO2S. The van der Waals surface area contributed by atoms with Crippen molar-refractivity contribution in [2.45, 2.75) is 4.90 Å². The summed E-state index contributed by atoms with van der Waals surface area (Å²) in [5.41, 5.74) is 0.0486. The van der Waals surface area contributed by atoms with Gasteiger partial charge in [0, 0.05) is 16.1 Å². The molecule has 0 N–H and O–H groups in total. The Kier molecular flexibility index (Phi) is 2.36. The number of benzene rings is 1. The molecule has 0 bridgehead atoms. The molecule has 2 aromatic rings. The molecule has 78 valence electrons. The molecule has 0 aliphatic heterocycles. The molecule has 0 amide bonds. The maximum Gasteiger partial charge on any atom is 0.263 e. The van der Waals surface area contributed by atoms with Gasteiger partial charge >= 0.3 is 0 Å². The standard InChI is InChI=1S/C9H5ClFNO2S/c10-15(13,14)7-3-1-2-6-4-5-8(11)12-9(6)7/h1-5H. The molecule has 0 unspecified atom stereocenters. The van der Waals surface area contributed by atoms with Crippen molar-refractivity contribution >= 4 is 30.6 Å². The third kappa shape index (κ3) is 1.93. The summed E-state index contributed by atoms with van der Waals surface area (Å²) >= 11 is 0. The molecule has 1 heterocycles. The van der Waals surface area contributed by atoms with Crippen LogP contribution in [0.4, 0.5) is 4.39 Å². The van der Waals surface area contributed by atoms with E-state index < -0.39 is 15.0 Å². The summed E-state index contributed by atoms with van der Waals surface area (Å²) in [6.45, 7) is 0. The summed E-state index contributed by atoms with van der Waals surface area (Å²) < 4.78 is 35.2. The lowest BCUT2D eigenvalue weighted by Gasteiger charge is -2.01. The minimum absolute atomic E-state index is 0.0486. The largest absolute Gasteiger partial charge is 0.263 e. The van der Waals surface area contributed by atoms with Crippen molar-refractivity contribution < 1.29 is 12.8 Å². The van der Waals surface area contributed by atoms with Gasteiger partial charge in [0.05, 0.1) is 5.52 Å². The second-order valence-electron chi connectivity index (χ2n) is 2.90. The van der Waals surface area contributed by atoms with Crippen molar-refractivity contribution in [1.29, 1.82) is 0 Å². The van der Waals surface area contributed by atoms with E-state index in [2.05, 4.69) is 4.98 Å². The van der Waals surface area contributed by atoms with Gasteiger partial charge in [0.15, 0.2) is 0 Å². The molecule has 3 nitrogen and oxygen atoms in total. The fourth-order valence-corrected chi connectivity index (χ4v) is 2.30. The molecule has 1 aromatic carbocycles. The summed E-state index contributed by atoms with van der Waals surface area (Å²) in [6.07, 6.45) is 0. The minimum Gasteiger partial charge on any atom is -0.218 e. The van der Waals surface area contributed by atoms with Gasteiger partial charge in [-0.1, -0.05) is 12.1 Å². The van der Waals surface area contributed by atoms with Crippen LogP contribution in [0.3, 0.4) is 0 Å². The topological polar surface area (TPSA) is 47.0 Å². The van der Waals surface area contributed by atoms with Crippen LogP contribution in [-0.4, -0.2) is 13.4 Å². The molecular weight excluding hydrogens is 241 g/mol. The van der Waals surface area contributed by atoms with Gasteiger partial charge in [-0.3, -0.25) is 0 Å². The number of fused-ring (bicyclic) bond motifs is 1. The number of halogens is 2. The third-order valence-corrected chi connectivity index (χ3v) is 3.27. The van der Waals surface area contributed by atoms with E-state index in [0.29, 0.717) is 5.39 Å². The van der Waals surface area contributed by atoms with Crippen LogP contribution in [0.5, 0.6) is 0 Å². The third-order valence-electron chi connectivity index (χ3n) is 1.91. The molecule has 0 spiro atoms. The number of pyridine rings is 1. The van der Waals surface area contributed by atoms with E-state index in [4.69, 9.17) is 10.7 Å². The predicted octanol–water partition coefficient (Wildman–Crippen LogP) is 2.30. The zero-order valence-corrected chi connectivity index (χ0v) is 8.89. The Morgan fingerprint density at radius 1 is 1.20 bits per heavy atom. The van der Waals surface area contributed by atoms with Gasteiger partial charge in [-0.15, -0.1) is 0 Å². The fourth-order valence-electron chi connectivity index (χ4n) is 1.29. The van der Waals surface area contributed by atoms with Gasteiger partial charge in [0.25, 0.3) is 9.05 Å². The quantitative estimate of drug-likeness (QED) is 0.572. The lowest BCUT2D eigenvalue weighted by atomic mass is 10.2. The van der Waals surface area contributed by atoms with E-state index in [1.807, 2.05) is 0 Å². The van der Waals surface area contributed by atoms with E-state index in [1.165, 1.54) is 18.2 Å². The maximum atomic E-state index is 12.9. The maximum absolute atomic E-state index is 12.9. The summed E-state index contributed by atoms with van der Waals surface area (Å²) in [5.74, 6) is -0.740. The molecule has 1 aromatic heterocycles. The van der Waals surface area contributed by atoms with Gasteiger partial charge in [-0.25, -0.2) is 13.4 Å². The number of para-hydroxylation sites is 1. The Morgan fingerprint density at radius 2 is 1.93 bits per heavy atom. The fraction of sp³-hybridized carbons (Fsp3) is 0. The average Bonchev–Trinajstić information content (AvgIpc) is 2.15. The number of nitrogens with zero attached hydrogens (tertiary/aromatic N) is 1.